The van der Waals surface area contributed by atoms with Gasteiger partial charge in [0.25, 0.3) is 0 Å². The van der Waals surface area contributed by atoms with Crippen molar-refractivity contribution in [1.82, 2.24) is 14.9 Å². The number of benzene rings is 1. The molecule has 3 N–H and O–H groups in total. The van der Waals surface area contributed by atoms with E-state index in [9.17, 15) is 0 Å². The minimum Gasteiger partial charge on any atom is -0.330 e. The van der Waals surface area contributed by atoms with Crippen LogP contribution in [0.3, 0.4) is 0 Å². The number of nitrogens with zero attached hydrogens (tertiary/aromatic N) is 2. The molecule has 1 atom stereocenters. The Balaban J connectivity index is 1.90. The summed E-state index contributed by atoms with van der Waals surface area (Å²) in [4.78, 5) is 4.05. The van der Waals surface area contributed by atoms with Gasteiger partial charge in [0, 0.05) is 24.1 Å². The van der Waals surface area contributed by atoms with Crippen molar-refractivity contribution >= 4 is 0 Å². The van der Waals surface area contributed by atoms with Crippen LogP contribution in [0.2, 0.25) is 0 Å². The van der Waals surface area contributed by atoms with Gasteiger partial charge in [0.15, 0.2) is 0 Å². The monoisotopic (exact) mass is 258 g/mol. The summed E-state index contributed by atoms with van der Waals surface area (Å²) >= 11 is 0. The Hall–Kier alpha value is -1.65. The number of nitrogens with one attached hydrogen (secondary N) is 1. The first-order valence-electron chi connectivity index (χ1n) is 6.83. The number of hydrogen-bond donors (Lipinski definition) is 2. The van der Waals surface area contributed by atoms with Crippen LogP contribution in [0.4, 0.5) is 0 Å². The maximum absolute atomic E-state index is 5.48. The normalized spacial score (nSPS) is 12.5. The Kier molecular flexibility index (Phi) is 5.12. The van der Waals surface area contributed by atoms with E-state index in [1.54, 1.807) is 6.20 Å². The molecule has 0 aliphatic heterocycles. The lowest BCUT2D eigenvalue weighted by Gasteiger charge is -2.14. The van der Waals surface area contributed by atoms with E-state index >= 15 is 0 Å². The van der Waals surface area contributed by atoms with Crippen LogP contribution in [0.5, 0.6) is 0 Å². The van der Waals surface area contributed by atoms with Crippen LogP contribution in [0.1, 0.15) is 31.4 Å². The van der Waals surface area contributed by atoms with Gasteiger partial charge in [0.05, 0.1) is 6.33 Å². The van der Waals surface area contributed by atoms with Gasteiger partial charge in [-0.1, -0.05) is 12.1 Å². The Morgan fingerprint density at radius 3 is 2.68 bits per heavy atom. The fourth-order valence-corrected chi connectivity index (χ4v) is 2.05. The zero-order valence-corrected chi connectivity index (χ0v) is 11.4. The molecule has 2 aromatic rings. The molecule has 0 aliphatic carbocycles. The molecule has 0 aliphatic rings. The van der Waals surface area contributed by atoms with E-state index in [2.05, 4.69) is 41.5 Å². The van der Waals surface area contributed by atoms with Gasteiger partial charge in [0.2, 0.25) is 0 Å². The number of aromatic nitrogens is 2. The molecule has 0 spiro atoms. The fourth-order valence-electron chi connectivity index (χ4n) is 2.05. The summed E-state index contributed by atoms with van der Waals surface area (Å²) in [5.41, 5.74) is 7.92. The van der Waals surface area contributed by atoms with Crippen molar-refractivity contribution in [2.45, 2.75) is 25.8 Å². The largest absolute Gasteiger partial charge is 0.330 e. The van der Waals surface area contributed by atoms with Gasteiger partial charge >= 0.3 is 0 Å². The molecule has 4 heteroatoms. The highest BCUT2D eigenvalue weighted by molar-refractivity contribution is 5.35. The maximum Gasteiger partial charge on any atom is 0.0991 e. The molecule has 1 aromatic carbocycles. The standard InChI is InChI=1S/C15H22N4/c1-13(18-9-3-2-8-16)14-4-6-15(7-5-14)19-11-10-17-12-19/h4-7,10-13,18H,2-3,8-9,16H2,1H3. The zero-order valence-electron chi connectivity index (χ0n) is 11.4. The number of nitrogens with two attached hydrogens (primary N) is 1. The Labute approximate surface area is 114 Å². The first-order valence-corrected chi connectivity index (χ1v) is 6.83. The summed E-state index contributed by atoms with van der Waals surface area (Å²) in [6, 6.07) is 8.94. The quantitative estimate of drug-likeness (QED) is 0.749. The molecular formula is C15H22N4. The molecule has 1 heterocycles. The highest BCUT2D eigenvalue weighted by atomic mass is 15.0. The van der Waals surface area contributed by atoms with Gasteiger partial charge in [-0.25, -0.2) is 4.98 Å². The van der Waals surface area contributed by atoms with Crippen molar-refractivity contribution in [3.05, 3.63) is 48.5 Å². The van der Waals surface area contributed by atoms with Gasteiger partial charge < -0.3 is 15.6 Å². The molecular weight excluding hydrogens is 236 g/mol. The highest BCUT2D eigenvalue weighted by Crippen LogP contribution is 2.15. The van der Waals surface area contributed by atoms with Crippen molar-refractivity contribution in [2.75, 3.05) is 13.1 Å². The molecule has 0 radical (unpaired) electrons. The Morgan fingerprint density at radius 1 is 1.26 bits per heavy atom. The van der Waals surface area contributed by atoms with Crippen LogP contribution in [0.15, 0.2) is 43.0 Å². The van der Waals surface area contributed by atoms with Gasteiger partial charge in [-0.05, 0) is 50.6 Å². The second kappa shape index (κ2) is 7.07. The zero-order chi connectivity index (χ0) is 13.5. The van der Waals surface area contributed by atoms with Crippen LogP contribution >= 0.6 is 0 Å². The molecule has 0 saturated carbocycles. The first kappa shape index (κ1) is 13.8. The molecule has 0 bridgehead atoms. The smallest absolute Gasteiger partial charge is 0.0991 e. The third-order valence-electron chi connectivity index (χ3n) is 3.28. The summed E-state index contributed by atoms with van der Waals surface area (Å²) in [6.07, 6.45) is 7.76. The Morgan fingerprint density at radius 2 is 2.05 bits per heavy atom. The number of rotatable bonds is 7. The van der Waals surface area contributed by atoms with Crippen molar-refractivity contribution in [3.63, 3.8) is 0 Å². The summed E-state index contributed by atoms with van der Waals surface area (Å²) in [5.74, 6) is 0. The molecule has 2 rings (SSSR count). The highest BCUT2D eigenvalue weighted by Gasteiger charge is 2.04. The van der Waals surface area contributed by atoms with Crippen molar-refractivity contribution in [3.8, 4) is 5.69 Å². The SMILES string of the molecule is CC(NCCCCN)c1ccc(-n2ccnc2)cc1. The van der Waals surface area contributed by atoms with Gasteiger partial charge in [-0.15, -0.1) is 0 Å². The average Bonchev–Trinajstić information content (AvgIpc) is 2.98. The molecule has 4 nitrogen and oxygen atoms in total. The van der Waals surface area contributed by atoms with E-state index in [0.717, 1.165) is 31.6 Å². The van der Waals surface area contributed by atoms with Crippen LogP contribution in [0, 0.1) is 0 Å². The minimum atomic E-state index is 0.370. The summed E-state index contributed by atoms with van der Waals surface area (Å²) in [7, 11) is 0. The summed E-state index contributed by atoms with van der Waals surface area (Å²) in [5, 5.41) is 3.51. The predicted molar refractivity (Wildman–Crippen MR) is 78.3 cm³/mol. The third kappa shape index (κ3) is 3.91. The number of hydrogen-bond acceptors (Lipinski definition) is 3. The molecule has 19 heavy (non-hydrogen) atoms. The van der Waals surface area contributed by atoms with E-state index in [0.29, 0.717) is 6.04 Å². The molecule has 0 amide bonds. The van der Waals surface area contributed by atoms with Crippen LogP contribution in [-0.4, -0.2) is 22.6 Å². The topological polar surface area (TPSA) is 55.9 Å². The lowest BCUT2D eigenvalue weighted by atomic mass is 10.1. The van der Waals surface area contributed by atoms with Crippen molar-refractivity contribution < 1.29 is 0 Å². The van der Waals surface area contributed by atoms with Crippen LogP contribution in [0.25, 0.3) is 5.69 Å². The van der Waals surface area contributed by atoms with Crippen molar-refractivity contribution in [1.29, 1.82) is 0 Å². The van der Waals surface area contributed by atoms with Gasteiger partial charge in [0.1, 0.15) is 0 Å². The van der Waals surface area contributed by atoms with E-state index in [4.69, 9.17) is 5.73 Å². The second-order valence-corrected chi connectivity index (χ2v) is 4.73. The summed E-state index contributed by atoms with van der Waals surface area (Å²) < 4.78 is 2.00. The van der Waals surface area contributed by atoms with E-state index < -0.39 is 0 Å². The molecule has 1 unspecified atom stereocenters. The Bertz CT molecular complexity index is 461. The molecule has 1 aromatic heterocycles. The first-order chi connectivity index (χ1) is 9.31. The second-order valence-electron chi connectivity index (χ2n) is 4.73. The molecule has 0 fully saturated rings. The average molecular weight is 258 g/mol. The van der Waals surface area contributed by atoms with E-state index in [-0.39, 0.29) is 0 Å². The minimum absolute atomic E-state index is 0.370. The third-order valence-corrected chi connectivity index (χ3v) is 3.28. The number of imidazole rings is 1. The van der Waals surface area contributed by atoms with E-state index in [1.807, 2.05) is 17.1 Å². The van der Waals surface area contributed by atoms with E-state index in [1.165, 1.54) is 5.56 Å². The lowest BCUT2D eigenvalue weighted by Crippen LogP contribution is -2.20. The van der Waals surface area contributed by atoms with Crippen LogP contribution < -0.4 is 11.1 Å². The van der Waals surface area contributed by atoms with Gasteiger partial charge in [-0.2, -0.15) is 0 Å². The predicted octanol–water partition coefficient (Wildman–Crippen LogP) is 2.26. The number of unbranched alkanes of at least 4 members (excludes halogenated alkanes) is 1. The molecule has 102 valence electrons. The molecule has 0 saturated heterocycles. The van der Waals surface area contributed by atoms with Crippen molar-refractivity contribution in [2.24, 2.45) is 5.73 Å². The van der Waals surface area contributed by atoms with Crippen LogP contribution in [-0.2, 0) is 0 Å². The lowest BCUT2D eigenvalue weighted by molar-refractivity contribution is 0.549. The van der Waals surface area contributed by atoms with Gasteiger partial charge in [-0.3, -0.25) is 0 Å². The summed E-state index contributed by atoms with van der Waals surface area (Å²) in [6.45, 7) is 3.98. The fraction of sp³-hybridized carbons (Fsp3) is 0.400. The maximum atomic E-state index is 5.48.